The Morgan fingerprint density at radius 2 is 1.85 bits per heavy atom. The molecule has 104 valence electrons. The predicted molar refractivity (Wildman–Crippen MR) is 77.0 cm³/mol. The minimum Gasteiger partial charge on any atom is -0.508 e. The first kappa shape index (κ1) is 13.7. The molecule has 0 aliphatic rings. The summed E-state index contributed by atoms with van der Waals surface area (Å²) in [6.45, 7) is 0.376. The molecule has 3 N–H and O–H groups in total. The van der Waals surface area contributed by atoms with E-state index in [1.54, 1.807) is 43.5 Å². The Hall–Kier alpha value is -2.69. The molecule has 2 aromatic carbocycles. The number of phenols is 1. The van der Waals surface area contributed by atoms with Crippen molar-refractivity contribution in [3.8, 4) is 11.5 Å². The van der Waals surface area contributed by atoms with Crippen LogP contribution in [0.5, 0.6) is 11.5 Å². The van der Waals surface area contributed by atoms with Crippen LogP contribution in [0.1, 0.15) is 5.56 Å². The first-order valence-corrected chi connectivity index (χ1v) is 6.15. The van der Waals surface area contributed by atoms with E-state index in [-0.39, 0.29) is 11.8 Å². The van der Waals surface area contributed by atoms with Crippen LogP contribution in [-0.2, 0) is 6.54 Å². The van der Waals surface area contributed by atoms with E-state index in [4.69, 9.17) is 4.74 Å². The summed E-state index contributed by atoms with van der Waals surface area (Å²) >= 11 is 0. The third-order valence-electron chi connectivity index (χ3n) is 2.74. The minimum atomic E-state index is -0.317. The minimum absolute atomic E-state index is 0.201. The number of methoxy groups -OCH3 is 1. The molecule has 2 amide bonds. The molecule has 0 spiro atoms. The van der Waals surface area contributed by atoms with E-state index in [1.807, 2.05) is 12.1 Å². The second kappa shape index (κ2) is 6.47. The molecule has 0 bridgehead atoms. The molecule has 2 rings (SSSR count). The van der Waals surface area contributed by atoms with Crippen molar-refractivity contribution in [3.05, 3.63) is 54.1 Å². The highest BCUT2D eigenvalue weighted by atomic mass is 16.5. The van der Waals surface area contributed by atoms with E-state index in [9.17, 15) is 9.90 Å². The summed E-state index contributed by atoms with van der Waals surface area (Å²) < 4.78 is 5.15. The van der Waals surface area contributed by atoms with Crippen molar-refractivity contribution in [2.45, 2.75) is 6.54 Å². The van der Waals surface area contributed by atoms with Crippen molar-refractivity contribution >= 4 is 11.7 Å². The SMILES string of the molecule is COc1ccccc1NC(=O)NCc1ccc(O)cc1. The molecule has 0 saturated heterocycles. The summed E-state index contributed by atoms with van der Waals surface area (Å²) in [7, 11) is 1.55. The molecular weight excluding hydrogens is 256 g/mol. The van der Waals surface area contributed by atoms with Crippen molar-refractivity contribution in [2.75, 3.05) is 12.4 Å². The summed E-state index contributed by atoms with van der Waals surface area (Å²) in [6, 6.07) is 13.5. The van der Waals surface area contributed by atoms with Crippen LogP contribution in [0, 0.1) is 0 Å². The molecule has 2 aromatic rings. The van der Waals surface area contributed by atoms with E-state index in [1.165, 1.54) is 0 Å². The van der Waals surface area contributed by atoms with Gasteiger partial charge in [0.25, 0.3) is 0 Å². The molecule has 0 fully saturated rings. The van der Waals surface area contributed by atoms with Gasteiger partial charge >= 0.3 is 6.03 Å². The lowest BCUT2D eigenvalue weighted by Gasteiger charge is -2.11. The molecule has 0 aliphatic carbocycles. The summed E-state index contributed by atoms with van der Waals surface area (Å²) in [4.78, 5) is 11.8. The smallest absolute Gasteiger partial charge is 0.319 e. The second-order valence-electron chi connectivity index (χ2n) is 4.17. The molecule has 0 heterocycles. The zero-order valence-electron chi connectivity index (χ0n) is 11.1. The van der Waals surface area contributed by atoms with Crippen LogP contribution in [0.25, 0.3) is 0 Å². The number of amides is 2. The fourth-order valence-corrected chi connectivity index (χ4v) is 1.71. The van der Waals surface area contributed by atoms with Gasteiger partial charge in [-0.2, -0.15) is 0 Å². The normalized spacial score (nSPS) is 9.85. The quantitative estimate of drug-likeness (QED) is 0.801. The topological polar surface area (TPSA) is 70.6 Å². The Morgan fingerprint density at radius 1 is 1.15 bits per heavy atom. The van der Waals surface area contributed by atoms with Crippen LogP contribution in [0.15, 0.2) is 48.5 Å². The first-order valence-electron chi connectivity index (χ1n) is 6.15. The number of rotatable bonds is 4. The van der Waals surface area contributed by atoms with E-state index in [0.717, 1.165) is 5.56 Å². The number of para-hydroxylation sites is 2. The fraction of sp³-hybridized carbons (Fsp3) is 0.133. The number of phenolic OH excluding ortho intramolecular Hbond substituents is 1. The average Bonchev–Trinajstić information content (AvgIpc) is 2.47. The van der Waals surface area contributed by atoms with Crippen LogP contribution in [0.3, 0.4) is 0 Å². The zero-order chi connectivity index (χ0) is 14.4. The molecule has 5 nitrogen and oxygen atoms in total. The number of urea groups is 1. The first-order chi connectivity index (χ1) is 9.69. The fourth-order valence-electron chi connectivity index (χ4n) is 1.71. The van der Waals surface area contributed by atoms with Gasteiger partial charge < -0.3 is 20.5 Å². The lowest BCUT2D eigenvalue weighted by Crippen LogP contribution is -2.28. The van der Waals surface area contributed by atoms with E-state index < -0.39 is 0 Å². The van der Waals surface area contributed by atoms with E-state index in [2.05, 4.69) is 10.6 Å². The zero-order valence-corrected chi connectivity index (χ0v) is 11.1. The highest BCUT2D eigenvalue weighted by molar-refractivity contribution is 5.90. The maximum absolute atomic E-state index is 11.8. The molecule has 0 saturated carbocycles. The summed E-state index contributed by atoms with van der Waals surface area (Å²) in [6.07, 6.45) is 0. The third kappa shape index (κ3) is 3.65. The van der Waals surface area contributed by atoms with Crippen molar-refractivity contribution in [1.29, 1.82) is 0 Å². The Kier molecular flexibility index (Phi) is 4.44. The molecule has 0 radical (unpaired) electrons. The predicted octanol–water partition coefficient (Wildman–Crippen LogP) is 2.72. The van der Waals surface area contributed by atoms with Gasteiger partial charge in [-0.25, -0.2) is 4.79 Å². The molecule has 0 aromatic heterocycles. The van der Waals surface area contributed by atoms with Gasteiger partial charge in [0, 0.05) is 6.54 Å². The van der Waals surface area contributed by atoms with Crippen molar-refractivity contribution < 1.29 is 14.6 Å². The van der Waals surface area contributed by atoms with Gasteiger partial charge in [-0.1, -0.05) is 24.3 Å². The molecule has 5 heteroatoms. The number of carbonyl (C=O) groups is 1. The van der Waals surface area contributed by atoms with Gasteiger partial charge in [-0.15, -0.1) is 0 Å². The highest BCUT2D eigenvalue weighted by Gasteiger charge is 2.06. The van der Waals surface area contributed by atoms with Crippen LogP contribution < -0.4 is 15.4 Å². The van der Waals surface area contributed by atoms with Crippen LogP contribution in [-0.4, -0.2) is 18.2 Å². The standard InChI is InChI=1S/C15H16N2O3/c1-20-14-5-3-2-4-13(14)17-15(19)16-10-11-6-8-12(18)9-7-11/h2-9,18H,10H2,1H3,(H2,16,17,19). The summed E-state index contributed by atoms with van der Waals surface area (Å²) in [5.41, 5.74) is 1.51. The van der Waals surface area contributed by atoms with Gasteiger partial charge in [0.1, 0.15) is 11.5 Å². The Bertz CT molecular complexity index is 582. The maximum atomic E-state index is 11.8. The van der Waals surface area contributed by atoms with Crippen molar-refractivity contribution in [2.24, 2.45) is 0 Å². The Balaban J connectivity index is 1.91. The van der Waals surface area contributed by atoms with Crippen molar-refractivity contribution in [3.63, 3.8) is 0 Å². The number of carbonyl (C=O) groups excluding carboxylic acids is 1. The number of benzene rings is 2. The van der Waals surface area contributed by atoms with Gasteiger partial charge in [0.05, 0.1) is 12.8 Å². The van der Waals surface area contributed by atoms with Crippen molar-refractivity contribution in [1.82, 2.24) is 5.32 Å². The van der Waals surface area contributed by atoms with Crippen LogP contribution in [0.2, 0.25) is 0 Å². The molecule has 20 heavy (non-hydrogen) atoms. The number of hydrogen-bond acceptors (Lipinski definition) is 3. The molecular formula is C15H16N2O3. The molecule has 0 aliphatic heterocycles. The lowest BCUT2D eigenvalue weighted by molar-refractivity contribution is 0.251. The third-order valence-corrected chi connectivity index (χ3v) is 2.74. The lowest BCUT2D eigenvalue weighted by atomic mass is 10.2. The van der Waals surface area contributed by atoms with Gasteiger partial charge in [-0.05, 0) is 29.8 Å². The number of anilines is 1. The Labute approximate surface area is 117 Å². The van der Waals surface area contributed by atoms with E-state index in [0.29, 0.717) is 18.0 Å². The average molecular weight is 272 g/mol. The summed E-state index contributed by atoms with van der Waals surface area (Å²) in [5.74, 6) is 0.805. The Morgan fingerprint density at radius 3 is 2.55 bits per heavy atom. The highest BCUT2D eigenvalue weighted by Crippen LogP contribution is 2.22. The van der Waals surface area contributed by atoms with Crippen LogP contribution in [0.4, 0.5) is 10.5 Å². The molecule has 0 unspecified atom stereocenters. The largest absolute Gasteiger partial charge is 0.508 e. The maximum Gasteiger partial charge on any atom is 0.319 e. The second-order valence-corrected chi connectivity index (χ2v) is 4.17. The number of hydrogen-bond donors (Lipinski definition) is 3. The van der Waals surface area contributed by atoms with E-state index >= 15 is 0 Å². The summed E-state index contributed by atoms with van der Waals surface area (Å²) in [5, 5.41) is 14.6. The number of ether oxygens (including phenoxy) is 1. The number of nitrogens with one attached hydrogen (secondary N) is 2. The monoisotopic (exact) mass is 272 g/mol. The van der Waals surface area contributed by atoms with Crippen LogP contribution >= 0.6 is 0 Å². The van der Waals surface area contributed by atoms with Gasteiger partial charge in [0.15, 0.2) is 0 Å². The van der Waals surface area contributed by atoms with Gasteiger partial charge in [-0.3, -0.25) is 0 Å². The van der Waals surface area contributed by atoms with Gasteiger partial charge in [0.2, 0.25) is 0 Å². The molecule has 0 atom stereocenters. The number of aromatic hydroxyl groups is 1.